The molecule has 1 aromatic carbocycles. The first kappa shape index (κ1) is 13.8. The van der Waals surface area contributed by atoms with E-state index in [9.17, 15) is 14.9 Å². The largest absolute Gasteiger partial charge is 0.494 e. The number of nitrogens with zero attached hydrogens (tertiary/aromatic N) is 1. The smallest absolute Gasteiger partial charge is 0.303 e. The number of nitro benzene ring substituents is 1. The highest BCUT2D eigenvalue weighted by atomic mass is 16.6. The summed E-state index contributed by atoms with van der Waals surface area (Å²) in [7, 11) is 1.42. The number of rotatable bonds is 7. The lowest BCUT2D eigenvalue weighted by molar-refractivity contribution is -0.384. The van der Waals surface area contributed by atoms with Crippen LogP contribution in [0.1, 0.15) is 12.8 Å². The molecule has 0 saturated heterocycles. The van der Waals surface area contributed by atoms with Gasteiger partial charge in [0.05, 0.1) is 23.8 Å². The third-order valence-corrected chi connectivity index (χ3v) is 2.28. The van der Waals surface area contributed by atoms with Gasteiger partial charge in [0.15, 0.2) is 0 Å². The van der Waals surface area contributed by atoms with E-state index in [1.54, 1.807) is 0 Å². The van der Waals surface area contributed by atoms with Crippen molar-refractivity contribution in [3.63, 3.8) is 0 Å². The molecule has 7 nitrogen and oxygen atoms in total. The first-order valence-electron chi connectivity index (χ1n) is 5.32. The highest BCUT2D eigenvalue weighted by Crippen LogP contribution is 2.28. The SMILES string of the molecule is COc1cc([N+](=O)[O-])ccc1NCCCC(=O)O. The number of methoxy groups -OCH3 is 1. The number of non-ortho nitro benzene ring substituents is 1. The standard InChI is InChI=1S/C11H14N2O5/c1-18-10-7-8(13(16)17)4-5-9(10)12-6-2-3-11(14)15/h4-5,7,12H,2-3,6H2,1H3,(H,14,15). The highest BCUT2D eigenvalue weighted by Gasteiger charge is 2.10. The normalized spacial score (nSPS) is 9.83. The molecular weight excluding hydrogens is 240 g/mol. The Labute approximate surface area is 104 Å². The van der Waals surface area contributed by atoms with Crippen LogP contribution in [-0.2, 0) is 4.79 Å². The van der Waals surface area contributed by atoms with Crippen LogP contribution in [0, 0.1) is 10.1 Å². The van der Waals surface area contributed by atoms with Gasteiger partial charge in [-0.05, 0) is 12.5 Å². The van der Waals surface area contributed by atoms with Crippen LogP contribution in [0.25, 0.3) is 0 Å². The fourth-order valence-corrected chi connectivity index (χ4v) is 1.40. The average molecular weight is 254 g/mol. The number of anilines is 1. The van der Waals surface area contributed by atoms with Crippen LogP contribution in [0.15, 0.2) is 18.2 Å². The number of hydrogen-bond acceptors (Lipinski definition) is 5. The Bertz CT molecular complexity index is 447. The minimum absolute atomic E-state index is 0.0528. The van der Waals surface area contributed by atoms with E-state index < -0.39 is 10.9 Å². The van der Waals surface area contributed by atoms with E-state index in [1.807, 2.05) is 0 Å². The molecule has 0 saturated carbocycles. The maximum absolute atomic E-state index is 10.6. The lowest BCUT2D eigenvalue weighted by atomic mass is 10.2. The molecule has 1 rings (SSSR count). The van der Waals surface area contributed by atoms with E-state index in [1.165, 1.54) is 25.3 Å². The van der Waals surface area contributed by atoms with Gasteiger partial charge < -0.3 is 15.2 Å². The number of nitrogens with one attached hydrogen (secondary N) is 1. The molecule has 2 N–H and O–H groups in total. The monoisotopic (exact) mass is 254 g/mol. The molecule has 0 bridgehead atoms. The quantitative estimate of drug-likeness (QED) is 0.437. The third-order valence-electron chi connectivity index (χ3n) is 2.28. The highest BCUT2D eigenvalue weighted by molar-refractivity contribution is 5.66. The fourth-order valence-electron chi connectivity index (χ4n) is 1.40. The Morgan fingerprint density at radius 2 is 2.28 bits per heavy atom. The summed E-state index contributed by atoms with van der Waals surface area (Å²) in [6.07, 6.45) is 0.539. The second kappa shape index (κ2) is 6.43. The van der Waals surface area contributed by atoms with E-state index in [0.717, 1.165) is 0 Å². The number of carboxylic acid groups (broad SMARTS) is 1. The zero-order chi connectivity index (χ0) is 13.5. The van der Waals surface area contributed by atoms with Crippen LogP contribution in [0.3, 0.4) is 0 Å². The average Bonchev–Trinajstić information content (AvgIpc) is 2.34. The number of ether oxygens (including phenoxy) is 1. The third kappa shape index (κ3) is 3.93. The Hall–Kier alpha value is -2.31. The Kier molecular flexibility index (Phi) is 4.91. The van der Waals surface area contributed by atoms with E-state index in [-0.39, 0.29) is 12.1 Å². The second-order valence-corrected chi connectivity index (χ2v) is 3.57. The van der Waals surface area contributed by atoms with Crippen molar-refractivity contribution in [2.24, 2.45) is 0 Å². The molecule has 0 unspecified atom stereocenters. The van der Waals surface area contributed by atoms with Crippen LogP contribution in [0.2, 0.25) is 0 Å². The van der Waals surface area contributed by atoms with Gasteiger partial charge in [0.1, 0.15) is 5.75 Å². The maximum Gasteiger partial charge on any atom is 0.303 e. The van der Waals surface area contributed by atoms with E-state index in [0.29, 0.717) is 24.4 Å². The molecule has 0 radical (unpaired) electrons. The summed E-state index contributed by atoms with van der Waals surface area (Å²) in [6.45, 7) is 0.459. The van der Waals surface area contributed by atoms with Crippen molar-refractivity contribution in [3.05, 3.63) is 28.3 Å². The van der Waals surface area contributed by atoms with E-state index in [4.69, 9.17) is 9.84 Å². The number of benzene rings is 1. The zero-order valence-electron chi connectivity index (χ0n) is 9.88. The summed E-state index contributed by atoms with van der Waals surface area (Å²) in [4.78, 5) is 20.4. The second-order valence-electron chi connectivity index (χ2n) is 3.57. The molecule has 0 amide bonds. The van der Waals surface area contributed by atoms with Crippen molar-refractivity contribution in [3.8, 4) is 5.75 Å². The van der Waals surface area contributed by atoms with Gasteiger partial charge in [-0.3, -0.25) is 14.9 Å². The van der Waals surface area contributed by atoms with Gasteiger partial charge >= 0.3 is 5.97 Å². The van der Waals surface area contributed by atoms with Crippen LogP contribution >= 0.6 is 0 Å². The van der Waals surface area contributed by atoms with Crippen LogP contribution < -0.4 is 10.1 Å². The van der Waals surface area contributed by atoms with Crippen molar-refractivity contribution in [1.29, 1.82) is 0 Å². The van der Waals surface area contributed by atoms with Crippen LogP contribution in [0.4, 0.5) is 11.4 Å². The number of carbonyl (C=O) groups is 1. The summed E-state index contributed by atoms with van der Waals surface area (Å²) in [5, 5.41) is 22.0. The van der Waals surface area contributed by atoms with Crippen molar-refractivity contribution >= 4 is 17.3 Å². The molecule has 7 heteroatoms. The van der Waals surface area contributed by atoms with Gasteiger partial charge in [-0.1, -0.05) is 0 Å². The van der Waals surface area contributed by atoms with Crippen LogP contribution in [-0.4, -0.2) is 29.7 Å². The minimum atomic E-state index is -0.854. The van der Waals surface area contributed by atoms with E-state index >= 15 is 0 Å². The molecule has 0 aromatic heterocycles. The van der Waals surface area contributed by atoms with Gasteiger partial charge in [-0.15, -0.1) is 0 Å². The summed E-state index contributed by atoms with van der Waals surface area (Å²) in [6, 6.07) is 4.22. The van der Waals surface area contributed by atoms with Crippen molar-refractivity contribution in [2.75, 3.05) is 19.0 Å². The predicted molar refractivity (Wildman–Crippen MR) is 65.0 cm³/mol. The predicted octanol–water partition coefficient (Wildman–Crippen LogP) is 1.88. The molecule has 1 aromatic rings. The molecule has 0 aliphatic heterocycles. The molecule has 0 aliphatic rings. The molecule has 0 fully saturated rings. The van der Waals surface area contributed by atoms with Gasteiger partial charge in [-0.25, -0.2) is 0 Å². The molecule has 98 valence electrons. The lowest BCUT2D eigenvalue weighted by Crippen LogP contribution is -2.06. The zero-order valence-corrected chi connectivity index (χ0v) is 9.88. The lowest BCUT2D eigenvalue weighted by Gasteiger charge is -2.10. The van der Waals surface area contributed by atoms with Crippen molar-refractivity contribution < 1.29 is 19.6 Å². The van der Waals surface area contributed by atoms with Crippen molar-refractivity contribution in [1.82, 2.24) is 0 Å². The van der Waals surface area contributed by atoms with Gasteiger partial charge in [0, 0.05) is 19.0 Å². The molecule has 0 heterocycles. The summed E-state index contributed by atoms with van der Waals surface area (Å²) in [5.41, 5.74) is 0.552. The first-order chi connectivity index (χ1) is 8.54. The van der Waals surface area contributed by atoms with Gasteiger partial charge in [0.2, 0.25) is 0 Å². The summed E-state index contributed by atoms with van der Waals surface area (Å²) < 4.78 is 5.03. The molecular formula is C11H14N2O5. The fraction of sp³-hybridized carbons (Fsp3) is 0.364. The Morgan fingerprint density at radius 3 is 2.83 bits per heavy atom. The van der Waals surface area contributed by atoms with Crippen LogP contribution in [0.5, 0.6) is 5.75 Å². The Morgan fingerprint density at radius 1 is 1.56 bits per heavy atom. The first-order valence-corrected chi connectivity index (χ1v) is 5.32. The summed E-state index contributed by atoms with van der Waals surface area (Å²) >= 11 is 0. The molecule has 0 aliphatic carbocycles. The molecule has 0 atom stereocenters. The van der Waals surface area contributed by atoms with E-state index in [2.05, 4.69) is 5.32 Å². The summed E-state index contributed by atoms with van der Waals surface area (Å²) in [5.74, 6) is -0.494. The molecule has 18 heavy (non-hydrogen) atoms. The Balaban J connectivity index is 2.65. The number of carboxylic acids is 1. The number of aliphatic carboxylic acids is 1. The topological polar surface area (TPSA) is 102 Å². The minimum Gasteiger partial charge on any atom is -0.494 e. The molecule has 0 spiro atoms. The van der Waals surface area contributed by atoms with Gasteiger partial charge in [0.25, 0.3) is 5.69 Å². The van der Waals surface area contributed by atoms with Crippen molar-refractivity contribution in [2.45, 2.75) is 12.8 Å². The maximum atomic E-state index is 10.6. The number of hydrogen-bond donors (Lipinski definition) is 2. The van der Waals surface area contributed by atoms with Gasteiger partial charge in [-0.2, -0.15) is 0 Å². The number of nitro groups is 1.